The van der Waals surface area contributed by atoms with Crippen molar-refractivity contribution < 1.29 is 9.13 Å². The van der Waals surface area contributed by atoms with Crippen LogP contribution in [0.1, 0.15) is 13.3 Å². The summed E-state index contributed by atoms with van der Waals surface area (Å²) in [5.74, 6) is 0.929. The molecule has 2 nitrogen and oxygen atoms in total. The van der Waals surface area contributed by atoms with Crippen LogP contribution >= 0.6 is 0 Å². The second kappa shape index (κ2) is 5.60. The number of nitrogens with two attached hydrogens (primary N) is 1. The van der Waals surface area contributed by atoms with E-state index in [-0.39, 0.29) is 5.82 Å². The number of rotatable bonds is 5. The molecule has 1 unspecified atom stereocenters. The zero-order valence-corrected chi connectivity index (χ0v) is 8.37. The molecule has 78 valence electrons. The van der Waals surface area contributed by atoms with Crippen molar-refractivity contribution in [1.82, 2.24) is 0 Å². The van der Waals surface area contributed by atoms with Crippen molar-refractivity contribution in [3.63, 3.8) is 0 Å². The Morgan fingerprint density at radius 1 is 1.36 bits per heavy atom. The molecule has 0 heterocycles. The van der Waals surface area contributed by atoms with Gasteiger partial charge >= 0.3 is 0 Å². The van der Waals surface area contributed by atoms with Crippen molar-refractivity contribution in [3.8, 4) is 5.75 Å². The molecular weight excluding hydrogens is 181 g/mol. The van der Waals surface area contributed by atoms with Gasteiger partial charge in [-0.25, -0.2) is 4.39 Å². The van der Waals surface area contributed by atoms with Crippen LogP contribution < -0.4 is 10.5 Å². The van der Waals surface area contributed by atoms with Gasteiger partial charge in [-0.2, -0.15) is 0 Å². The lowest BCUT2D eigenvalue weighted by atomic mass is 10.1. The molecular formula is C11H16FNO. The van der Waals surface area contributed by atoms with Gasteiger partial charge in [-0.3, -0.25) is 0 Å². The normalized spacial score (nSPS) is 12.5. The molecule has 1 atom stereocenters. The average molecular weight is 197 g/mol. The molecule has 1 rings (SSSR count). The van der Waals surface area contributed by atoms with E-state index in [0.717, 1.165) is 6.42 Å². The van der Waals surface area contributed by atoms with Gasteiger partial charge in [0.05, 0.1) is 6.61 Å². The van der Waals surface area contributed by atoms with E-state index >= 15 is 0 Å². The van der Waals surface area contributed by atoms with Gasteiger partial charge < -0.3 is 10.5 Å². The minimum atomic E-state index is -0.243. The Bertz CT molecular complexity index is 260. The molecule has 3 heteroatoms. The number of halogens is 1. The van der Waals surface area contributed by atoms with E-state index in [2.05, 4.69) is 6.92 Å². The van der Waals surface area contributed by atoms with E-state index in [0.29, 0.717) is 24.8 Å². The highest BCUT2D eigenvalue weighted by molar-refractivity contribution is 5.21. The molecule has 2 N–H and O–H groups in total. The van der Waals surface area contributed by atoms with E-state index in [9.17, 15) is 4.39 Å². The summed E-state index contributed by atoms with van der Waals surface area (Å²) < 4.78 is 17.9. The lowest BCUT2D eigenvalue weighted by Gasteiger charge is -2.09. The summed E-state index contributed by atoms with van der Waals surface area (Å²) in [5.41, 5.74) is 5.47. The van der Waals surface area contributed by atoms with Crippen LogP contribution in [0.15, 0.2) is 24.3 Å². The molecule has 14 heavy (non-hydrogen) atoms. The summed E-state index contributed by atoms with van der Waals surface area (Å²) in [6.45, 7) is 3.38. The highest BCUT2D eigenvalue weighted by Gasteiger charge is 1.99. The first-order valence-electron chi connectivity index (χ1n) is 4.81. The highest BCUT2D eigenvalue weighted by Crippen LogP contribution is 2.12. The highest BCUT2D eigenvalue weighted by atomic mass is 19.1. The van der Waals surface area contributed by atoms with Crippen molar-refractivity contribution in [1.29, 1.82) is 0 Å². The second-order valence-corrected chi connectivity index (χ2v) is 3.43. The van der Waals surface area contributed by atoms with Crippen molar-refractivity contribution in [2.75, 3.05) is 13.2 Å². The molecule has 0 aliphatic carbocycles. The van der Waals surface area contributed by atoms with Crippen LogP contribution in [0.3, 0.4) is 0 Å². The third kappa shape index (κ3) is 3.75. The standard InChI is InChI=1S/C11H16FNO/c1-9(8-13)6-7-14-11-4-2-10(12)3-5-11/h2-5,9H,6-8,13H2,1H3. The second-order valence-electron chi connectivity index (χ2n) is 3.43. The molecule has 0 bridgehead atoms. The Hall–Kier alpha value is -1.09. The number of hydrogen-bond donors (Lipinski definition) is 1. The fourth-order valence-corrected chi connectivity index (χ4v) is 1.03. The van der Waals surface area contributed by atoms with Crippen molar-refractivity contribution in [2.45, 2.75) is 13.3 Å². The fourth-order valence-electron chi connectivity index (χ4n) is 1.03. The molecule has 0 aliphatic rings. The first-order valence-corrected chi connectivity index (χ1v) is 4.81. The molecule has 0 fully saturated rings. The molecule has 0 radical (unpaired) electrons. The number of hydrogen-bond acceptors (Lipinski definition) is 2. The first-order chi connectivity index (χ1) is 6.72. The Morgan fingerprint density at radius 3 is 2.57 bits per heavy atom. The van der Waals surface area contributed by atoms with E-state index in [1.54, 1.807) is 12.1 Å². The van der Waals surface area contributed by atoms with Gasteiger partial charge in [0.1, 0.15) is 11.6 Å². The molecule has 0 amide bonds. The van der Waals surface area contributed by atoms with Crippen LogP contribution in [0.2, 0.25) is 0 Å². The van der Waals surface area contributed by atoms with Crippen LogP contribution in [-0.4, -0.2) is 13.2 Å². The summed E-state index contributed by atoms with van der Waals surface area (Å²) in [6, 6.07) is 6.04. The molecule has 0 aliphatic heterocycles. The molecule has 0 aromatic heterocycles. The maximum Gasteiger partial charge on any atom is 0.123 e. The van der Waals surface area contributed by atoms with Crippen LogP contribution in [0.5, 0.6) is 5.75 Å². The number of benzene rings is 1. The van der Waals surface area contributed by atoms with E-state index in [1.165, 1.54) is 12.1 Å². The third-order valence-corrected chi connectivity index (χ3v) is 2.10. The fraction of sp³-hybridized carbons (Fsp3) is 0.455. The third-order valence-electron chi connectivity index (χ3n) is 2.10. The first kappa shape index (κ1) is 11.0. The van der Waals surface area contributed by atoms with Crippen molar-refractivity contribution in [2.24, 2.45) is 11.7 Å². The minimum absolute atomic E-state index is 0.243. The lowest BCUT2D eigenvalue weighted by molar-refractivity contribution is 0.285. The molecule has 1 aromatic carbocycles. The summed E-state index contributed by atoms with van der Waals surface area (Å²) in [7, 11) is 0. The van der Waals surface area contributed by atoms with Crippen LogP contribution in [-0.2, 0) is 0 Å². The summed E-state index contributed by atoms with van der Waals surface area (Å²) in [4.78, 5) is 0. The Labute approximate surface area is 83.9 Å². The van der Waals surface area contributed by atoms with E-state index in [4.69, 9.17) is 10.5 Å². The maximum absolute atomic E-state index is 12.5. The lowest BCUT2D eigenvalue weighted by Crippen LogP contribution is -2.13. The maximum atomic E-state index is 12.5. The van der Waals surface area contributed by atoms with Crippen LogP contribution in [0.25, 0.3) is 0 Å². The molecule has 0 saturated carbocycles. The Balaban J connectivity index is 2.28. The van der Waals surface area contributed by atoms with E-state index in [1.807, 2.05) is 0 Å². The minimum Gasteiger partial charge on any atom is -0.494 e. The average Bonchev–Trinajstić information content (AvgIpc) is 2.21. The van der Waals surface area contributed by atoms with Crippen LogP contribution in [0, 0.1) is 11.7 Å². The van der Waals surface area contributed by atoms with Gasteiger partial charge in [0.15, 0.2) is 0 Å². The molecule has 1 aromatic rings. The summed E-state index contributed by atoms with van der Waals surface area (Å²) in [5, 5.41) is 0. The van der Waals surface area contributed by atoms with E-state index < -0.39 is 0 Å². The topological polar surface area (TPSA) is 35.2 Å². The van der Waals surface area contributed by atoms with Gasteiger partial charge in [-0.05, 0) is 43.1 Å². The Morgan fingerprint density at radius 2 is 2.00 bits per heavy atom. The predicted octanol–water partition coefficient (Wildman–Crippen LogP) is 2.19. The smallest absolute Gasteiger partial charge is 0.123 e. The predicted molar refractivity (Wildman–Crippen MR) is 54.7 cm³/mol. The summed E-state index contributed by atoms with van der Waals surface area (Å²) >= 11 is 0. The van der Waals surface area contributed by atoms with Gasteiger partial charge in [0.2, 0.25) is 0 Å². The van der Waals surface area contributed by atoms with Crippen LogP contribution in [0.4, 0.5) is 4.39 Å². The van der Waals surface area contributed by atoms with Crippen molar-refractivity contribution >= 4 is 0 Å². The van der Waals surface area contributed by atoms with Gasteiger partial charge in [-0.1, -0.05) is 6.92 Å². The SMILES string of the molecule is CC(CN)CCOc1ccc(F)cc1. The summed E-state index contributed by atoms with van der Waals surface area (Å²) in [6.07, 6.45) is 0.924. The molecule has 0 saturated heterocycles. The van der Waals surface area contributed by atoms with Gasteiger partial charge in [-0.15, -0.1) is 0 Å². The zero-order chi connectivity index (χ0) is 10.4. The van der Waals surface area contributed by atoms with Gasteiger partial charge in [0.25, 0.3) is 0 Å². The Kier molecular flexibility index (Phi) is 4.40. The molecule has 0 spiro atoms. The zero-order valence-electron chi connectivity index (χ0n) is 8.37. The van der Waals surface area contributed by atoms with Crippen molar-refractivity contribution in [3.05, 3.63) is 30.1 Å². The largest absolute Gasteiger partial charge is 0.494 e. The number of ether oxygens (including phenoxy) is 1. The quantitative estimate of drug-likeness (QED) is 0.785. The van der Waals surface area contributed by atoms with Gasteiger partial charge in [0, 0.05) is 0 Å². The monoisotopic (exact) mass is 197 g/mol.